The molecule has 0 aliphatic heterocycles. The molecule has 0 saturated heterocycles. The predicted molar refractivity (Wildman–Crippen MR) is 115 cm³/mol. The molecule has 5 nitrogen and oxygen atoms in total. The number of Topliss-reactive ketones (excluding diaryl/α,β-unsaturated/α-hetero) is 1. The third-order valence-corrected chi connectivity index (χ3v) is 5.93. The number of pyridine rings is 1. The van der Waals surface area contributed by atoms with Crippen LogP contribution in [0, 0.1) is 5.92 Å². The number of benzene rings is 1. The Labute approximate surface area is 171 Å². The van der Waals surface area contributed by atoms with Crippen LogP contribution >= 0.6 is 0 Å². The summed E-state index contributed by atoms with van der Waals surface area (Å²) in [6.45, 7) is 8.43. The van der Waals surface area contributed by atoms with Gasteiger partial charge in [-0.2, -0.15) is 0 Å². The van der Waals surface area contributed by atoms with Crippen molar-refractivity contribution in [1.82, 2.24) is 10.3 Å². The van der Waals surface area contributed by atoms with Gasteiger partial charge in [0.25, 0.3) is 11.5 Å². The second-order valence-electron chi connectivity index (χ2n) is 8.35. The Bertz CT molecular complexity index is 957. The zero-order valence-corrected chi connectivity index (χ0v) is 17.7. The maximum atomic E-state index is 12.9. The molecule has 1 heterocycles. The van der Waals surface area contributed by atoms with Crippen LogP contribution in [0.1, 0.15) is 96.5 Å². The monoisotopic (exact) mass is 394 g/mol. The molecule has 2 atom stereocenters. The van der Waals surface area contributed by atoms with Crippen LogP contribution in [0.5, 0.6) is 0 Å². The highest BCUT2D eigenvalue weighted by molar-refractivity contribution is 6.01. The minimum Gasteiger partial charge on any atom is -0.345 e. The van der Waals surface area contributed by atoms with Crippen LogP contribution in [0.4, 0.5) is 0 Å². The van der Waals surface area contributed by atoms with Gasteiger partial charge in [0.15, 0.2) is 5.78 Å². The standard InChI is InChI=1S/C24H30N2O3/c1-5-15(4)16-9-11-17(12-10-16)22(14(2)3)26-24(29)19-13-18-20(25-23(19)28)7-6-8-21(18)27/h9-15,22H,5-8H2,1-4H3,(H,25,28)(H,26,29)/t15-,22-/m1/s1. The van der Waals surface area contributed by atoms with Crippen molar-refractivity contribution in [2.45, 2.75) is 65.3 Å². The van der Waals surface area contributed by atoms with E-state index in [1.807, 2.05) is 26.0 Å². The summed E-state index contributed by atoms with van der Waals surface area (Å²) in [7, 11) is 0. The van der Waals surface area contributed by atoms with Crippen LogP contribution in [0.3, 0.4) is 0 Å². The van der Waals surface area contributed by atoms with Crippen LogP contribution in [0.25, 0.3) is 0 Å². The smallest absolute Gasteiger partial charge is 0.261 e. The van der Waals surface area contributed by atoms with Gasteiger partial charge in [0.1, 0.15) is 5.56 Å². The number of hydrogen-bond donors (Lipinski definition) is 2. The maximum absolute atomic E-state index is 12.9. The molecule has 3 rings (SSSR count). The van der Waals surface area contributed by atoms with Gasteiger partial charge in [-0.3, -0.25) is 14.4 Å². The summed E-state index contributed by atoms with van der Waals surface area (Å²) in [4.78, 5) is 40.3. The highest BCUT2D eigenvalue weighted by Crippen LogP contribution is 2.26. The van der Waals surface area contributed by atoms with Gasteiger partial charge in [-0.1, -0.05) is 52.0 Å². The first-order chi connectivity index (χ1) is 13.8. The summed E-state index contributed by atoms with van der Waals surface area (Å²) in [5.41, 5.74) is 2.95. The first-order valence-corrected chi connectivity index (χ1v) is 10.5. The number of H-pyrrole nitrogens is 1. The van der Waals surface area contributed by atoms with E-state index in [0.717, 1.165) is 18.4 Å². The van der Waals surface area contributed by atoms with Gasteiger partial charge in [0.05, 0.1) is 6.04 Å². The molecule has 0 saturated carbocycles. The Morgan fingerprint density at radius 2 is 1.72 bits per heavy atom. The van der Waals surface area contributed by atoms with Gasteiger partial charge in [0.2, 0.25) is 0 Å². The topological polar surface area (TPSA) is 79.0 Å². The Morgan fingerprint density at radius 1 is 1.07 bits per heavy atom. The van der Waals surface area contributed by atoms with Crippen LogP contribution < -0.4 is 10.9 Å². The summed E-state index contributed by atoms with van der Waals surface area (Å²) in [6, 6.07) is 9.55. The second kappa shape index (κ2) is 8.76. The molecular formula is C24H30N2O3. The lowest BCUT2D eigenvalue weighted by atomic mass is 9.91. The number of nitrogens with one attached hydrogen (secondary N) is 2. The molecule has 2 N–H and O–H groups in total. The summed E-state index contributed by atoms with van der Waals surface area (Å²) < 4.78 is 0. The number of aryl methyl sites for hydroxylation is 1. The second-order valence-corrected chi connectivity index (χ2v) is 8.35. The molecule has 2 aromatic rings. The van der Waals surface area contributed by atoms with Crippen molar-refractivity contribution >= 4 is 11.7 Å². The Morgan fingerprint density at radius 3 is 2.34 bits per heavy atom. The molecule has 1 aliphatic carbocycles. The van der Waals surface area contributed by atoms with Crippen molar-refractivity contribution in [3.63, 3.8) is 0 Å². The number of hydrogen-bond acceptors (Lipinski definition) is 3. The minimum absolute atomic E-state index is 0.000811. The van der Waals surface area contributed by atoms with Crippen LogP contribution in [-0.2, 0) is 6.42 Å². The fraction of sp³-hybridized carbons (Fsp3) is 0.458. The Kier molecular flexibility index (Phi) is 6.36. The van der Waals surface area contributed by atoms with E-state index >= 15 is 0 Å². The largest absolute Gasteiger partial charge is 0.345 e. The first kappa shape index (κ1) is 21.0. The van der Waals surface area contributed by atoms with Crippen molar-refractivity contribution in [2.24, 2.45) is 5.92 Å². The molecule has 1 amide bonds. The van der Waals surface area contributed by atoms with Crippen molar-refractivity contribution in [3.05, 3.63) is 68.6 Å². The zero-order valence-electron chi connectivity index (χ0n) is 17.7. The third kappa shape index (κ3) is 4.50. The van der Waals surface area contributed by atoms with E-state index in [9.17, 15) is 14.4 Å². The normalized spacial score (nSPS) is 15.7. The maximum Gasteiger partial charge on any atom is 0.261 e. The summed E-state index contributed by atoms with van der Waals surface area (Å²) in [5, 5.41) is 3.00. The third-order valence-electron chi connectivity index (χ3n) is 5.93. The molecule has 29 heavy (non-hydrogen) atoms. The van der Waals surface area contributed by atoms with Gasteiger partial charge in [-0.15, -0.1) is 0 Å². The Balaban J connectivity index is 1.86. The molecule has 154 valence electrons. The molecular weight excluding hydrogens is 364 g/mol. The van der Waals surface area contributed by atoms with E-state index in [2.05, 4.69) is 36.3 Å². The molecule has 0 fully saturated rings. The van der Waals surface area contributed by atoms with E-state index in [-0.39, 0.29) is 23.3 Å². The zero-order chi connectivity index (χ0) is 21.1. The number of aromatic amines is 1. The summed E-state index contributed by atoms with van der Waals surface area (Å²) in [6.07, 6.45) is 2.92. The number of ketones is 1. The minimum atomic E-state index is -0.447. The van der Waals surface area contributed by atoms with Gasteiger partial charge in [-0.25, -0.2) is 0 Å². The van der Waals surface area contributed by atoms with E-state index in [1.165, 1.54) is 11.6 Å². The summed E-state index contributed by atoms with van der Waals surface area (Å²) in [5.74, 6) is 0.171. The fourth-order valence-corrected chi connectivity index (χ4v) is 3.87. The number of aromatic nitrogens is 1. The SMILES string of the molecule is CC[C@@H](C)c1ccc([C@H](NC(=O)c2cc3c([nH]c2=O)CCCC3=O)C(C)C)cc1. The lowest BCUT2D eigenvalue weighted by Gasteiger charge is -2.24. The number of carbonyl (C=O) groups is 2. The lowest BCUT2D eigenvalue weighted by Crippen LogP contribution is -2.36. The van der Waals surface area contributed by atoms with Gasteiger partial charge < -0.3 is 10.3 Å². The van der Waals surface area contributed by atoms with Gasteiger partial charge in [-0.05, 0) is 48.3 Å². The molecule has 0 spiro atoms. The quantitative estimate of drug-likeness (QED) is 0.755. The highest BCUT2D eigenvalue weighted by atomic mass is 16.2. The molecule has 0 radical (unpaired) electrons. The average Bonchev–Trinajstić information content (AvgIpc) is 2.71. The average molecular weight is 395 g/mol. The van der Waals surface area contributed by atoms with Crippen LogP contribution in [-0.4, -0.2) is 16.7 Å². The van der Waals surface area contributed by atoms with Gasteiger partial charge in [0, 0.05) is 17.7 Å². The first-order valence-electron chi connectivity index (χ1n) is 10.5. The summed E-state index contributed by atoms with van der Waals surface area (Å²) >= 11 is 0. The molecule has 1 aromatic heterocycles. The van der Waals surface area contributed by atoms with Crippen LogP contribution in [0.15, 0.2) is 35.1 Å². The van der Waals surface area contributed by atoms with E-state index in [0.29, 0.717) is 30.0 Å². The van der Waals surface area contributed by atoms with E-state index in [1.54, 1.807) is 0 Å². The predicted octanol–water partition coefficient (Wildman–Crippen LogP) is 4.53. The molecule has 5 heteroatoms. The molecule has 1 aliphatic rings. The number of carbonyl (C=O) groups excluding carboxylic acids is 2. The van der Waals surface area contributed by atoms with Crippen molar-refractivity contribution in [3.8, 4) is 0 Å². The Hall–Kier alpha value is -2.69. The number of fused-ring (bicyclic) bond motifs is 1. The molecule has 0 bridgehead atoms. The lowest BCUT2D eigenvalue weighted by molar-refractivity contribution is 0.0924. The van der Waals surface area contributed by atoms with Gasteiger partial charge >= 0.3 is 0 Å². The van der Waals surface area contributed by atoms with Crippen molar-refractivity contribution in [2.75, 3.05) is 0 Å². The van der Waals surface area contributed by atoms with E-state index < -0.39 is 11.5 Å². The fourth-order valence-electron chi connectivity index (χ4n) is 3.87. The van der Waals surface area contributed by atoms with Crippen molar-refractivity contribution < 1.29 is 9.59 Å². The van der Waals surface area contributed by atoms with Crippen molar-refractivity contribution in [1.29, 1.82) is 0 Å². The number of rotatable bonds is 6. The van der Waals surface area contributed by atoms with Crippen LogP contribution in [0.2, 0.25) is 0 Å². The number of amides is 1. The molecule has 1 aromatic carbocycles. The molecule has 0 unspecified atom stereocenters. The highest BCUT2D eigenvalue weighted by Gasteiger charge is 2.25. The van der Waals surface area contributed by atoms with E-state index in [4.69, 9.17) is 0 Å².